The Labute approximate surface area is 206 Å². The van der Waals surface area contributed by atoms with Crippen LogP contribution >= 0.6 is 0 Å². The largest absolute Gasteiger partial charge is 0.504 e. The van der Waals surface area contributed by atoms with E-state index in [-0.39, 0.29) is 29.7 Å². The molecule has 2 bridgehead atoms. The van der Waals surface area contributed by atoms with Crippen LogP contribution in [-0.2, 0) is 35.7 Å². The molecule has 1 spiro atoms. The van der Waals surface area contributed by atoms with Crippen LogP contribution in [0.15, 0.2) is 24.0 Å². The Balaban J connectivity index is 1.44. The average molecular weight is 504 g/mol. The number of nitrogens with zero attached hydrogens (tertiary/aromatic N) is 1. The molecule has 4 N–H and O–H groups in total. The molecule has 0 aromatic heterocycles. The van der Waals surface area contributed by atoms with Crippen LogP contribution in [0.1, 0.15) is 43.7 Å². The number of hydrogen-bond donors (Lipinski definition) is 4. The Morgan fingerprint density at radius 2 is 2.06 bits per heavy atom. The molecule has 1 fully saturated rings. The van der Waals surface area contributed by atoms with Crippen LogP contribution in [0.2, 0.25) is 0 Å². The molecule has 2 aliphatic heterocycles. The highest BCUT2D eigenvalue weighted by molar-refractivity contribution is 5.83. The van der Waals surface area contributed by atoms with Gasteiger partial charge in [0.2, 0.25) is 0 Å². The summed E-state index contributed by atoms with van der Waals surface area (Å²) in [4.78, 5) is 37.6. The number of phenolic OH excluding ortho intramolecular Hbond substituents is 1. The Bertz CT molecular complexity index is 1160. The monoisotopic (exact) mass is 503 g/mol. The first-order chi connectivity index (χ1) is 17.0. The minimum Gasteiger partial charge on any atom is -0.504 e. The van der Waals surface area contributed by atoms with Gasteiger partial charge in [-0.2, -0.15) is 0 Å². The van der Waals surface area contributed by atoms with Crippen molar-refractivity contribution < 1.29 is 49.0 Å². The van der Waals surface area contributed by atoms with E-state index < -0.39 is 53.7 Å². The number of aliphatic carboxylic acids is 1. The second-order valence-electron chi connectivity index (χ2n) is 10.1. The molecule has 1 aromatic carbocycles. The minimum atomic E-state index is -1.95. The fraction of sp³-hybridized carbons (Fsp3) is 0.560. The number of hydrogen-bond acceptors (Lipinski definition) is 10. The highest BCUT2D eigenvalue weighted by atomic mass is 16.6. The van der Waals surface area contributed by atoms with Gasteiger partial charge in [0.15, 0.2) is 29.8 Å². The third kappa shape index (κ3) is 3.40. The summed E-state index contributed by atoms with van der Waals surface area (Å²) in [6.45, 7) is 2.04. The Morgan fingerprint density at radius 1 is 1.31 bits per heavy atom. The van der Waals surface area contributed by atoms with Gasteiger partial charge in [-0.3, -0.25) is 4.79 Å². The summed E-state index contributed by atoms with van der Waals surface area (Å²) in [5.74, 6) is -3.18. The summed E-state index contributed by atoms with van der Waals surface area (Å²) in [5.41, 5.74) is -0.443. The van der Waals surface area contributed by atoms with Gasteiger partial charge in [-0.1, -0.05) is 6.07 Å². The van der Waals surface area contributed by atoms with Crippen LogP contribution in [-0.4, -0.2) is 86.8 Å². The molecule has 6 atom stereocenters. The molecular weight excluding hydrogens is 474 g/mol. The first kappa shape index (κ1) is 24.5. The molecule has 0 saturated carbocycles. The lowest BCUT2D eigenvalue weighted by Crippen LogP contribution is -2.69. The number of rotatable bonds is 6. The third-order valence-electron chi connectivity index (χ3n) is 8.08. The summed E-state index contributed by atoms with van der Waals surface area (Å²) < 4.78 is 16.8. The van der Waals surface area contributed by atoms with Crippen molar-refractivity contribution in [3.05, 3.63) is 35.1 Å². The zero-order valence-corrected chi connectivity index (χ0v) is 20.0. The maximum atomic E-state index is 12.8. The van der Waals surface area contributed by atoms with E-state index in [1.807, 2.05) is 13.1 Å². The predicted octanol–water partition coefficient (Wildman–Crippen LogP) is 0.371. The summed E-state index contributed by atoms with van der Waals surface area (Å²) in [7, 11) is 1.98. The second-order valence-corrected chi connectivity index (χ2v) is 10.1. The molecule has 1 saturated heterocycles. The first-order valence-electron chi connectivity index (χ1n) is 12.0. The lowest BCUT2D eigenvalue weighted by molar-refractivity contribution is -0.170. The predicted molar refractivity (Wildman–Crippen MR) is 121 cm³/mol. The van der Waals surface area contributed by atoms with E-state index in [0.717, 1.165) is 24.1 Å². The quantitative estimate of drug-likeness (QED) is 0.397. The van der Waals surface area contributed by atoms with E-state index in [4.69, 9.17) is 19.3 Å². The van der Waals surface area contributed by atoms with Crippen LogP contribution in [0.5, 0.6) is 11.5 Å². The summed E-state index contributed by atoms with van der Waals surface area (Å²) in [5, 5.41) is 40.9. The van der Waals surface area contributed by atoms with Crippen molar-refractivity contribution >= 4 is 17.9 Å². The van der Waals surface area contributed by atoms with E-state index in [0.29, 0.717) is 12.8 Å². The molecule has 4 aliphatic rings. The number of aliphatic hydroxyl groups excluding tert-OH is 1. The normalized spacial score (nSPS) is 31.7. The van der Waals surface area contributed by atoms with Crippen LogP contribution in [0.25, 0.3) is 0 Å². The zero-order chi connectivity index (χ0) is 26.0. The topological polar surface area (TPSA) is 163 Å². The van der Waals surface area contributed by atoms with E-state index >= 15 is 0 Å². The fourth-order valence-electron chi connectivity index (χ4n) is 6.43. The summed E-state index contributed by atoms with van der Waals surface area (Å²) in [6.07, 6.45) is -1.33. The molecule has 11 nitrogen and oxygen atoms in total. The molecular formula is C25H29NO10. The van der Waals surface area contributed by atoms with Gasteiger partial charge in [-0.15, -0.1) is 0 Å². The standard InChI is InChI=1S/C25H29NO10/c1-12(34-18(29)11-15(28)22(30)31)23(32)35-16-6-8-25(33)17-10-13-4-5-14(27)20-19(13)24(25,21(16)36-20)7-3-9-26(17)2/h4-6,12,15,17,21,27-28,33H,3,7-11H2,1-2H3,(H,30,31)/t12-,15-,17+,21-,24-,25+/m0/s1. The van der Waals surface area contributed by atoms with E-state index in [1.54, 1.807) is 12.1 Å². The highest BCUT2D eigenvalue weighted by Crippen LogP contribution is 2.64. The van der Waals surface area contributed by atoms with Crippen molar-refractivity contribution in [3.8, 4) is 11.5 Å². The van der Waals surface area contributed by atoms with Crippen molar-refractivity contribution in [2.75, 3.05) is 13.6 Å². The van der Waals surface area contributed by atoms with Gasteiger partial charge in [-0.05, 0) is 57.5 Å². The van der Waals surface area contributed by atoms with Gasteiger partial charge in [-0.25, -0.2) is 9.59 Å². The van der Waals surface area contributed by atoms with Crippen molar-refractivity contribution in [1.29, 1.82) is 0 Å². The van der Waals surface area contributed by atoms with Crippen molar-refractivity contribution in [1.82, 2.24) is 4.90 Å². The van der Waals surface area contributed by atoms with E-state index in [1.165, 1.54) is 6.92 Å². The summed E-state index contributed by atoms with van der Waals surface area (Å²) in [6, 6.07) is 3.22. The van der Waals surface area contributed by atoms with Gasteiger partial charge < -0.3 is 39.5 Å². The van der Waals surface area contributed by atoms with Gasteiger partial charge in [0.1, 0.15) is 5.76 Å². The second kappa shape index (κ2) is 8.46. The molecule has 11 heteroatoms. The highest BCUT2D eigenvalue weighted by Gasteiger charge is 2.71. The first-order valence-corrected chi connectivity index (χ1v) is 12.0. The number of esters is 2. The number of carbonyl (C=O) groups is 3. The van der Waals surface area contributed by atoms with Gasteiger partial charge in [0, 0.05) is 18.0 Å². The number of carbonyl (C=O) groups excluding carboxylic acids is 2. The van der Waals surface area contributed by atoms with Crippen LogP contribution in [0.3, 0.4) is 0 Å². The van der Waals surface area contributed by atoms with Crippen LogP contribution in [0.4, 0.5) is 0 Å². The molecule has 0 unspecified atom stereocenters. The molecule has 0 amide bonds. The number of benzene rings is 1. The van der Waals surface area contributed by atoms with Crippen molar-refractivity contribution in [2.45, 2.75) is 74.4 Å². The van der Waals surface area contributed by atoms with Crippen molar-refractivity contribution in [3.63, 3.8) is 0 Å². The number of phenols is 1. The molecule has 36 heavy (non-hydrogen) atoms. The smallest absolute Gasteiger partial charge is 0.352 e. The number of ether oxygens (including phenoxy) is 3. The Kier molecular flexibility index (Phi) is 5.77. The number of carboxylic acid groups (broad SMARTS) is 1. The molecule has 2 heterocycles. The van der Waals surface area contributed by atoms with Crippen LogP contribution in [0, 0.1) is 0 Å². The lowest BCUT2D eigenvalue weighted by atomic mass is 9.52. The molecule has 0 radical (unpaired) electrons. The van der Waals surface area contributed by atoms with E-state index in [9.17, 15) is 29.7 Å². The number of aromatic hydroxyl groups is 1. The van der Waals surface area contributed by atoms with Gasteiger partial charge in [0.05, 0.1) is 17.4 Å². The van der Waals surface area contributed by atoms with Crippen LogP contribution < -0.4 is 4.74 Å². The third-order valence-corrected chi connectivity index (χ3v) is 8.08. The van der Waals surface area contributed by atoms with Gasteiger partial charge in [0.25, 0.3) is 0 Å². The number of aliphatic hydroxyl groups is 2. The SMILES string of the molecule is C[C@H](OC(=O)C[C@H](O)C(=O)O)C(=O)OC1=CC[C@@]2(O)[C@H]3Cc4ccc(O)c5c4[C@@]2(CCCN3C)[C@H]1O5. The summed E-state index contributed by atoms with van der Waals surface area (Å²) >= 11 is 0. The lowest BCUT2D eigenvalue weighted by Gasteiger charge is -2.56. The van der Waals surface area contributed by atoms with Crippen molar-refractivity contribution in [2.24, 2.45) is 0 Å². The zero-order valence-electron chi connectivity index (χ0n) is 20.0. The van der Waals surface area contributed by atoms with E-state index in [2.05, 4.69) is 4.90 Å². The maximum Gasteiger partial charge on any atom is 0.352 e. The number of likely N-dealkylation sites (N-methyl/N-ethyl adjacent to an activating group) is 1. The molecule has 2 aliphatic carbocycles. The number of likely N-dealkylation sites (tertiary alicyclic amines) is 1. The molecule has 5 rings (SSSR count). The Hall–Kier alpha value is -3.15. The molecule has 1 aromatic rings. The average Bonchev–Trinajstić information content (AvgIpc) is 3.15. The fourth-order valence-corrected chi connectivity index (χ4v) is 6.43. The van der Waals surface area contributed by atoms with Gasteiger partial charge >= 0.3 is 17.9 Å². The molecule has 194 valence electrons. The maximum absolute atomic E-state index is 12.8. The number of carboxylic acids is 1. The minimum absolute atomic E-state index is 0.0547. The Morgan fingerprint density at radius 3 is 2.78 bits per heavy atom.